The molecule has 7 heteroatoms. The summed E-state index contributed by atoms with van der Waals surface area (Å²) in [5.41, 5.74) is 5.29. The minimum absolute atomic E-state index is 0.162. The van der Waals surface area contributed by atoms with Gasteiger partial charge in [0.25, 0.3) is 0 Å². The lowest BCUT2D eigenvalue weighted by Crippen LogP contribution is -2.27. The van der Waals surface area contributed by atoms with Crippen LogP contribution in [-0.2, 0) is 11.3 Å². The summed E-state index contributed by atoms with van der Waals surface area (Å²) >= 11 is 0. The molecule has 0 saturated carbocycles. The third-order valence-corrected chi connectivity index (χ3v) is 4.24. The molecule has 0 aliphatic heterocycles. The summed E-state index contributed by atoms with van der Waals surface area (Å²) in [5.74, 6) is 0.822. The van der Waals surface area contributed by atoms with Crippen molar-refractivity contribution in [2.75, 3.05) is 14.2 Å². The molecule has 1 aromatic heterocycles. The van der Waals surface area contributed by atoms with E-state index in [1.165, 1.54) is 0 Å². The molecule has 0 aliphatic carbocycles. The molecule has 7 nitrogen and oxygen atoms in total. The fourth-order valence-electron chi connectivity index (χ4n) is 2.75. The van der Waals surface area contributed by atoms with Gasteiger partial charge in [-0.2, -0.15) is 5.10 Å². The van der Waals surface area contributed by atoms with E-state index in [-0.39, 0.29) is 11.8 Å². The molecule has 0 aliphatic rings. The number of carbonyl (C=O) groups is 1. The smallest absolute Gasteiger partial charge is 0.244 e. The van der Waals surface area contributed by atoms with Crippen LogP contribution in [0.15, 0.2) is 53.9 Å². The molecule has 27 heavy (non-hydrogen) atoms. The van der Waals surface area contributed by atoms with Crippen LogP contribution in [0, 0.1) is 5.92 Å². The SMILES string of the molecule is COc1ccc(/C=N\NC(=O)[C@H](C)Cn2cnc3ccccc32)cc1OC. The maximum absolute atomic E-state index is 12.3. The Bertz CT molecular complexity index is 965. The number of methoxy groups -OCH3 is 2. The number of hydrogen-bond acceptors (Lipinski definition) is 5. The van der Waals surface area contributed by atoms with Crippen molar-refractivity contribution < 1.29 is 14.3 Å². The van der Waals surface area contributed by atoms with Gasteiger partial charge in [0.15, 0.2) is 11.5 Å². The van der Waals surface area contributed by atoms with E-state index in [2.05, 4.69) is 15.5 Å². The first-order valence-electron chi connectivity index (χ1n) is 8.57. The van der Waals surface area contributed by atoms with Crippen molar-refractivity contribution >= 4 is 23.2 Å². The lowest BCUT2D eigenvalue weighted by Gasteiger charge is -2.11. The highest BCUT2D eigenvalue weighted by atomic mass is 16.5. The van der Waals surface area contributed by atoms with Gasteiger partial charge in [-0.25, -0.2) is 10.4 Å². The molecule has 0 spiro atoms. The molecule has 140 valence electrons. The highest BCUT2D eigenvalue weighted by molar-refractivity contribution is 5.84. The molecule has 1 N–H and O–H groups in total. The third-order valence-electron chi connectivity index (χ3n) is 4.24. The van der Waals surface area contributed by atoms with E-state index in [1.54, 1.807) is 38.9 Å². The van der Waals surface area contributed by atoms with Gasteiger partial charge >= 0.3 is 0 Å². The van der Waals surface area contributed by atoms with Gasteiger partial charge in [-0.05, 0) is 35.9 Å². The zero-order valence-electron chi connectivity index (χ0n) is 15.5. The summed E-state index contributed by atoms with van der Waals surface area (Å²) in [6.07, 6.45) is 3.32. The van der Waals surface area contributed by atoms with E-state index in [0.29, 0.717) is 18.0 Å². The first-order chi connectivity index (χ1) is 13.1. The number of nitrogens with zero attached hydrogens (tertiary/aromatic N) is 3. The summed E-state index contributed by atoms with van der Waals surface area (Å²) in [7, 11) is 3.15. The Morgan fingerprint density at radius 3 is 2.78 bits per heavy atom. The number of benzene rings is 2. The molecular formula is C20H22N4O3. The van der Waals surface area contributed by atoms with Crippen molar-refractivity contribution in [2.24, 2.45) is 11.0 Å². The summed E-state index contributed by atoms with van der Waals surface area (Å²) < 4.78 is 12.4. The number of imidazole rings is 1. The number of rotatable bonds is 7. The molecular weight excluding hydrogens is 344 g/mol. The Kier molecular flexibility index (Phi) is 5.71. The van der Waals surface area contributed by atoms with Crippen LogP contribution in [0.2, 0.25) is 0 Å². The van der Waals surface area contributed by atoms with E-state index < -0.39 is 0 Å². The van der Waals surface area contributed by atoms with Crippen LogP contribution < -0.4 is 14.9 Å². The molecule has 0 bridgehead atoms. The number of fused-ring (bicyclic) bond motifs is 1. The van der Waals surface area contributed by atoms with Gasteiger partial charge in [-0.3, -0.25) is 4.79 Å². The van der Waals surface area contributed by atoms with Crippen LogP contribution in [0.1, 0.15) is 12.5 Å². The minimum atomic E-state index is -0.259. The third kappa shape index (κ3) is 4.25. The molecule has 0 saturated heterocycles. The highest BCUT2D eigenvalue weighted by Crippen LogP contribution is 2.26. The zero-order valence-corrected chi connectivity index (χ0v) is 15.5. The van der Waals surface area contributed by atoms with Crippen LogP contribution in [0.5, 0.6) is 11.5 Å². The van der Waals surface area contributed by atoms with Crippen molar-refractivity contribution in [1.29, 1.82) is 0 Å². The molecule has 3 rings (SSSR count). The fraction of sp³-hybridized carbons (Fsp3) is 0.250. The van der Waals surface area contributed by atoms with Gasteiger partial charge < -0.3 is 14.0 Å². The lowest BCUT2D eigenvalue weighted by atomic mass is 10.1. The Labute approximate surface area is 157 Å². The second-order valence-electron chi connectivity index (χ2n) is 6.14. The molecule has 0 fully saturated rings. The lowest BCUT2D eigenvalue weighted by molar-refractivity contribution is -0.124. The number of carbonyl (C=O) groups excluding carboxylic acids is 1. The number of ether oxygens (including phenoxy) is 2. The topological polar surface area (TPSA) is 77.7 Å². The highest BCUT2D eigenvalue weighted by Gasteiger charge is 2.14. The number of para-hydroxylation sites is 2. The maximum atomic E-state index is 12.3. The van der Waals surface area contributed by atoms with Crippen molar-refractivity contribution in [3.8, 4) is 11.5 Å². The molecule has 1 amide bonds. The normalized spacial score (nSPS) is 12.3. The second kappa shape index (κ2) is 8.35. The van der Waals surface area contributed by atoms with Crippen molar-refractivity contribution in [2.45, 2.75) is 13.5 Å². The van der Waals surface area contributed by atoms with Crippen LogP contribution in [0.3, 0.4) is 0 Å². The summed E-state index contributed by atoms with van der Waals surface area (Å²) in [6, 6.07) is 13.2. The van der Waals surface area contributed by atoms with Gasteiger partial charge in [0, 0.05) is 6.54 Å². The maximum Gasteiger partial charge on any atom is 0.244 e. The van der Waals surface area contributed by atoms with E-state index >= 15 is 0 Å². The quantitative estimate of drug-likeness (QED) is 0.515. The van der Waals surface area contributed by atoms with Gasteiger partial charge in [-0.15, -0.1) is 0 Å². The van der Waals surface area contributed by atoms with Gasteiger partial charge in [0.05, 0.1) is 43.7 Å². The predicted molar refractivity (Wildman–Crippen MR) is 104 cm³/mol. The van der Waals surface area contributed by atoms with Crippen LogP contribution in [0.4, 0.5) is 0 Å². The first-order valence-corrected chi connectivity index (χ1v) is 8.57. The Morgan fingerprint density at radius 1 is 1.22 bits per heavy atom. The van der Waals surface area contributed by atoms with Crippen LogP contribution in [-0.4, -0.2) is 35.9 Å². The molecule has 1 heterocycles. The molecule has 3 aromatic rings. The van der Waals surface area contributed by atoms with E-state index in [9.17, 15) is 4.79 Å². The first kappa shape index (κ1) is 18.4. The average molecular weight is 366 g/mol. The second-order valence-corrected chi connectivity index (χ2v) is 6.14. The molecule has 0 unspecified atom stereocenters. The van der Waals surface area contributed by atoms with Crippen molar-refractivity contribution in [3.05, 3.63) is 54.4 Å². The Balaban J connectivity index is 1.61. The van der Waals surface area contributed by atoms with Crippen molar-refractivity contribution in [1.82, 2.24) is 15.0 Å². The number of hydrogen-bond donors (Lipinski definition) is 1. The Hall–Kier alpha value is -3.35. The largest absolute Gasteiger partial charge is 0.493 e. The number of hydrazone groups is 1. The zero-order chi connectivity index (χ0) is 19.2. The summed E-state index contributed by atoms with van der Waals surface area (Å²) in [4.78, 5) is 16.7. The standard InChI is InChI=1S/C20H22N4O3/c1-14(12-24-13-21-16-6-4-5-7-17(16)24)20(25)23-22-11-15-8-9-18(26-2)19(10-15)27-3/h4-11,13-14H,12H2,1-3H3,(H,23,25)/b22-11-/t14-/m1/s1. The molecule has 2 aromatic carbocycles. The molecule has 0 radical (unpaired) electrons. The summed E-state index contributed by atoms with van der Waals surface area (Å²) in [5, 5.41) is 4.04. The van der Waals surface area contributed by atoms with Gasteiger partial charge in [0.2, 0.25) is 5.91 Å². The van der Waals surface area contributed by atoms with Crippen LogP contribution in [0.25, 0.3) is 11.0 Å². The van der Waals surface area contributed by atoms with E-state index in [0.717, 1.165) is 16.6 Å². The van der Waals surface area contributed by atoms with Crippen molar-refractivity contribution in [3.63, 3.8) is 0 Å². The number of aromatic nitrogens is 2. The minimum Gasteiger partial charge on any atom is -0.493 e. The Morgan fingerprint density at radius 2 is 2.00 bits per heavy atom. The van der Waals surface area contributed by atoms with Gasteiger partial charge in [0.1, 0.15) is 0 Å². The monoisotopic (exact) mass is 366 g/mol. The summed E-state index contributed by atoms with van der Waals surface area (Å²) in [6.45, 7) is 2.38. The number of amides is 1. The molecule has 1 atom stereocenters. The van der Waals surface area contributed by atoms with Crippen LogP contribution >= 0.6 is 0 Å². The average Bonchev–Trinajstić information content (AvgIpc) is 3.10. The van der Waals surface area contributed by atoms with E-state index in [4.69, 9.17) is 9.47 Å². The van der Waals surface area contributed by atoms with E-state index in [1.807, 2.05) is 41.8 Å². The number of nitrogens with one attached hydrogen (secondary N) is 1. The van der Waals surface area contributed by atoms with Gasteiger partial charge in [-0.1, -0.05) is 19.1 Å². The predicted octanol–water partition coefficient (Wildman–Crippen LogP) is 2.84. The fourth-order valence-corrected chi connectivity index (χ4v) is 2.75.